The Bertz CT molecular complexity index is 216. The molecule has 0 aromatic rings. The van der Waals surface area contributed by atoms with Crippen molar-refractivity contribution in [1.29, 1.82) is 0 Å². The van der Waals surface area contributed by atoms with E-state index in [1.54, 1.807) is 0 Å². The molecule has 1 aliphatic heterocycles. The first-order chi connectivity index (χ1) is 10.8. The van der Waals surface area contributed by atoms with E-state index in [-0.39, 0.29) is 5.79 Å². The van der Waals surface area contributed by atoms with Crippen molar-refractivity contribution >= 4 is 0 Å². The summed E-state index contributed by atoms with van der Waals surface area (Å²) in [6, 6.07) is 0. The highest BCUT2D eigenvalue weighted by atomic mass is 16.7. The predicted octanol–water partition coefficient (Wildman–Crippen LogP) is 6.62. The predicted molar refractivity (Wildman–Crippen MR) is 95.2 cm³/mol. The maximum Gasteiger partial charge on any atom is 0.168 e. The van der Waals surface area contributed by atoms with Crippen molar-refractivity contribution in [3.63, 3.8) is 0 Å². The Hall–Kier alpha value is -0.0800. The van der Waals surface area contributed by atoms with E-state index < -0.39 is 0 Å². The van der Waals surface area contributed by atoms with Gasteiger partial charge in [0.1, 0.15) is 0 Å². The minimum Gasteiger partial charge on any atom is -0.350 e. The zero-order valence-corrected chi connectivity index (χ0v) is 15.3. The van der Waals surface area contributed by atoms with Gasteiger partial charge in [0.2, 0.25) is 0 Å². The maximum atomic E-state index is 6.10. The van der Waals surface area contributed by atoms with E-state index >= 15 is 0 Å². The zero-order valence-electron chi connectivity index (χ0n) is 15.3. The zero-order chi connectivity index (χ0) is 15.9. The normalized spacial score (nSPS) is 17.7. The van der Waals surface area contributed by atoms with Crippen molar-refractivity contribution in [3.8, 4) is 0 Å². The minimum atomic E-state index is -0.228. The molecule has 0 radical (unpaired) electrons. The fourth-order valence-corrected chi connectivity index (χ4v) is 3.38. The quantitative estimate of drug-likeness (QED) is 0.335. The van der Waals surface area contributed by atoms with Gasteiger partial charge in [-0.2, -0.15) is 0 Å². The molecule has 0 aromatic carbocycles. The highest BCUT2D eigenvalue weighted by Gasteiger charge is 2.33. The van der Waals surface area contributed by atoms with E-state index in [9.17, 15) is 0 Å². The molecule has 1 saturated heterocycles. The lowest BCUT2D eigenvalue weighted by Crippen LogP contribution is -2.40. The summed E-state index contributed by atoms with van der Waals surface area (Å²) in [4.78, 5) is 0. The number of ether oxygens (including phenoxy) is 2. The summed E-state index contributed by atoms with van der Waals surface area (Å²) in [6.07, 6.45) is 19.4. The molecular formula is C20H40O2. The molecule has 0 atom stereocenters. The molecule has 0 amide bonds. The molecule has 22 heavy (non-hydrogen) atoms. The molecule has 0 saturated carbocycles. The number of unbranched alkanes of at least 4 members (excludes halogenated alkanes) is 10. The van der Waals surface area contributed by atoms with Crippen LogP contribution in [-0.4, -0.2) is 19.0 Å². The summed E-state index contributed by atoms with van der Waals surface area (Å²) in [5.41, 5.74) is 0. The van der Waals surface area contributed by atoms with Crippen molar-refractivity contribution in [3.05, 3.63) is 0 Å². The molecule has 0 N–H and O–H groups in total. The van der Waals surface area contributed by atoms with Gasteiger partial charge in [0, 0.05) is 12.8 Å². The minimum absolute atomic E-state index is 0.228. The van der Waals surface area contributed by atoms with Crippen molar-refractivity contribution in [1.82, 2.24) is 0 Å². The summed E-state index contributed by atoms with van der Waals surface area (Å²) in [5, 5.41) is 0. The first kappa shape index (κ1) is 20.0. The van der Waals surface area contributed by atoms with Gasteiger partial charge in [-0.15, -0.1) is 0 Å². The van der Waals surface area contributed by atoms with Crippen LogP contribution in [0.25, 0.3) is 0 Å². The van der Waals surface area contributed by atoms with Crippen molar-refractivity contribution in [2.24, 2.45) is 0 Å². The number of rotatable bonds is 14. The van der Waals surface area contributed by atoms with Crippen LogP contribution in [0.15, 0.2) is 0 Å². The van der Waals surface area contributed by atoms with Gasteiger partial charge in [0.25, 0.3) is 0 Å². The lowest BCUT2D eigenvalue weighted by Gasteiger charge is -2.37. The van der Waals surface area contributed by atoms with Crippen LogP contribution in [0.3, 0.4) is 0 Å². The fourth-order valence-electron chi connectivity index (χ4n) is 3.38. The van der Waals surface area contributed by atoms with Crippen LogP contribution < -0.4 is 0 Å². The molecule has 0 bridgehead atoms. The van der Waals surface area contributed by atoms with Crippen LogP contribution in [0.2, 0.25) is 0 Å². The van der Waals surface area contributed by atoms with E-state index in [1.807, 2.05) is 0 Å². The van der Waals surface area contributed by atoms with Crippen LogP contribution in [0.5, 0.6) is 0 Å². The SMILES string of the molecule is CCCCCCCCC1(CCCCCCCC)OCCCO1. The van der Waals surface area contributed by atoms with Crippen LogP contribution in [0, 0.1) is 0 Å². The molecule has 2 nitrogen and oxygen atoms in total. The Balaban J connectivity index is 2.17. The second-order valence-corrected chi connectivity index (χ2v) is 7.00. The Morgan fingerprint density at radius 3 is 1.45 bits per heavy atom. The largest absolute Gasteiger partial charge is 0.350 e. The smallest absolute Gasteiger partial charge is 0.168 e. The third kappa shape index (κ3) is 9.15. The van der Waals surface area contributed by atoms with Gasteiger partial charge in [-0.1, -0.05) is 78.1 Å². The molecule has 1 heterocycles. The third-order valence-electron chi connectivity index (χ3n) is 4.84. The molecule has 132 valence electrons. The summed E-state index contributed by atoms with van der Waals surface area (Å²) in [5.74, 6) is -0.228. The summed E-state index contributed by atoms with van der Waals surface area (Å²) in [6.45, 7) is 6.34. The van der Waals surface area contributed by atoms with Gasteiger partial charge in [-0.05, 0) is 19.3 Å². The molecule has 0 unspecified atom stereocenters. The van der Waals surface area contributed by atoms with Gasteiger partial charge in [-0.25, -0.2) is 0 Å². The van der Waals surface area contributed by atoms with E-state index in [0.717, 1.165) is 32.5 Å². The van der Waals surface area contributed by atoms with E-state index in [4.69, 9.17) is 9.47 Å². The Kier molecular flexibility index (Phi) is 12.1. The lowest BCUT2D eigenvalue weighted by molar-refractivity contribution is -0.274. The lowest BCUT2D eigenvalue weighted by atomic mass is 9.98. The van der Waals surface area contributed by atoms with E-state index in [1.165, 1.54) is 77.0 Å². The molecule has 0 aromatic heterocycles. The Morgan fingerprint density at radius 2 is 1.00 bits per heavy atom. The molecular weight excluding hydrogens is 272 g/mol. The fraction of sp³-hybridized carbons (Fsp3) is 1.00. The molecule has 1 aliphatic rings. The van der Waals surface area contributed by atoms with Gasteiger partial charge in [0.15, 0.2) is 5.79 Å². The van der Waals surface area contributed by atoms with Gasteiger partial charge in [0.05, 0.1) is 13.2 Å². The van der Waals surface area contributed by atoms with Crippen LogP contribution in [0.1, 0.15) is 110 Å². The average molecular weight is 313 g/mol. The van der Waals surface area contributed by atoms with Crippen LogP contribution in [0.4, 0.5) is 0 Å². The third-order valence-corrected chi connectivity index (χ3v) is 4.84. The molecule has 1 fully saturated rings. The summed E-state index contributed by atoms with van der Waals surface area (Å²) in [7, 11) is 0. The monoisotopic (exact) mass is 312 g/mol. The standard InChI is InChI=1S/C20H40O2/c1-3-5-7-9-11-13-16-20(21-18-15-19-22-20)17-14-12-10-8-6-4-2/h3-19H2,1-2H3. The van der Waals surface area contributed by atoms with E-state index in [2.05, 4.69) is 13.8 Å². The van der Waals surface area contributed by atoms with Gasteiger partial charge in [-0.3, -0.25) is 0 Å². The molecule has 0 spiro atoms. The topological polar surface area (TPSA) is 18.5 Å². The average Bonchev–Trinajstić information content (AvgIpc) is 2.55. The first-order valence-electron chi connectivity index (χ1n) is 10.1. The van der Waals surface area contributed by atoms with Crippen LogP contribution in [-0.2, 0) is 9.47 Å². The second kappa shape index (κ2) is 13.4. The second-order valence-electron chi connectivity index (χ2n) is 7.00. The van der Waals surface area contributed by atoms with Crippen molar-refractivity contribution < 1.29 is 9.47 Å². The highest BCUT2D eigenvalue weighted by Crippen LogP contribution is 2.31. The summed E-state index contributed by atoms with van der Waals surface area (Å²) >= 11 is 0. The Morgan fingerprint density at radius 1 is 0.591 bits per heavy atom. The van der Waals surface area contributed by atoms with Gasteiger partial charge < -0.3 is 9.47 Å². The van der Waals surface area contributed by atoms with Crippen LogP contribution >= 0.6 is 0 Å². The van der Waals surface area contributed by atoms with E-state index in [0.29, 0.717) is 0 Å². The number of hydrogen-bond acceptors (Lipinski definition) is 2. The molecule has 1 rings (SSSR count). The maximum absolute atomic E-state index is 6.10. The molecule has 0 aliphatic carbocycles. The van der Waals surface area contributed by atoms with Gasteiger partial charge >= 0.3 is 0 Å². The first-order valence-corrected chi connectivity index (χ1v) is 10.1. The van der Waals surface area contributed by atoms with Crippen molar-refractivity contribution in [2.75, 3.05) is 13.2 Å². The number of hydrogen-bond donors (Lipinski definition) is 0. The van der Waals surface area contributed by atoms with Crippen molar-refractivity contribution in [2.45, 2.75) is 116 Å². The molecule has 2 heteroatoms. The highest BCUT2D eigenvalue weighted by molar-refractivity contribution is 4.73. The Labute approximate surface area is 139 Å². The summed E-state index contributed by atoms with van der Waals surface area (Å²) < 4.78 is 12.2.